The number of unbranched alkanes of at least 4 members (excludes halogenated alkanes) is 1. The highest BCUT2D eigenvalue weighted by molar-refractivity contribution is 7.89. The molecule has 0 atom stereocenters. The van der Waals surface area contributed by atoms with E-state index in [-0.39, 0.29) is 4.90 Å². The van der Waals surface area contributed by atoms with Gasteiger partial charge < -0.3 is 4.74 Å². The lowest BCUT2D eigenvalue weighted by atomic mass is 10.2. The van der Waals surface area contributed by atoms with Crippen molar-refractivity contribution in [2.75, 3.05) is 25.2 Å². The summed E-state index contributed by atoms with van der Waals surface area (Å²) < 4.78 is 33.8. The van der Waals surface area contributed by atoms with Crippen LogP contribution in [-0.4, -0.2) is 50.0 Å². The van der Waals surface area contributed by atoms with Gasteiger partial charge in [-0.05, 0) is 54.4 Å². The van der Waals surface area contributed by atoms with E-state index in [1.54, 1.807) is 13.3 Å². The highest BCUT2D eigenvalue weighted by atomic mass is 32.2. The Labute approximate surface area is 227 Å². The Kier molecular flexibility index (Phi) is 8.88. The van der Waals surface area contributed by atoms with Gasteiger partial charge in [0.2, 0.25) is 15.2 Å². The summed E-state index contributed by atoms with van der Waals surface area (Å²) in [5, 5.41) is 6.10. The van der Waals surface area contributed by atoms with Gasteiger partial charge in [0.1, 0.15) is 5.75 Å². The second-order valence-corrected chi connectivity index (χ2v) is 11.4. The van der Waals surface area contributed by atoms with Crippen molar-refractivity contribution in [1.82, 2.24) is 9.29 Å². The number of nitrogens with zero attached hydrogens (tertiary/aromatic N) is 4. The van der Waals surface area contributed by atoms with E-state index in [0.29, 0.717) is 35.1 Å². The summed E-state index contributed by atoms with van der Waals surface area (Å²) in [5.74, 6) is 0.265. The number of carbonyl (C=O) groups is 1. The van der Waals surface area contributed by atoms with Gasteiger partial charge in [0.05, 0.1) is 28.4 Å². The molecule has 0 fully saturated rings. The first-order chi connectivity index (χ1) is 18.4. The number of carbonyl (C=O) groups excluding carboxylic acids is 1. The lowest BCUT2D eigenvalue weighted by molar-refractivity contribution is 0.0987. The molecule has 198 valence electrons. The van der Waals surface area contributed by atoms with Gasteiger partial charge in [-0.25, -0.2) is 13.4 Å². The second kappa shape index (κ2) is 12.3. The fourth-order valence-electron chi connectivity index (χ4n) is 3.79. The molecule has 0 radical (unpaired) electrons. The molecule has 8 nitrogen and oxygen atoms in total. The summed E-state index contributed by atoms with van der Waals surface area (Å²) in [6, 6.07) is 20.9. The SMILES string of the molecule is CCCCN(CC)S(=O)(=O)c1ccc(C(=O)N(/N=C/c2ccccc2)c2nc3ccc(OC)cc3s2)cc1. The molecule has 0 aliphatic rings. The molecule has 4 rings (SSSR count). The predicted molar refractivity (Wildman–Crippen MR) is 153 cm³/mol. The molecule has 0 aliphatic heterocycles. The molecule has 1 aromatic heterocycles. The monoisotopic (exact) mass is 550 g/mol. The Bertz CT molecular complexity index is 1520. The third-order valence-electron chi connectivity index (χ3n) is 5.93. The number of hydrogen-bond acceptors (Lipinski definition) is 7. The number of aromatic nitrogens is 1. The van der Waals surface area contributed by atoms with Crippen molar-refractivity contribution in [2.45, 2.75) is 31.6 Å². The zero-order valence-corrected chi connectivity index (χ0v) is 23.2. The van der Waals surface area contributed by atoms with Gasteiger partial charge in [0.25, 0.3) is 5.91 Å². The van der Waals surface area contributed by atoms with E-state index in [2.05, 4.69) is 10.1 Å². The fourth-order valence-corrected chi connectivity index (χ4v) is 6.22. The third-order valence-corrected chi connectivity index (χ3v) is 8.91. The largest absolute Gasteiger partial charge is 0.497 e. The van der Waals surface area contributed by atoms with Crippen LogP contribution in [0, 0.1) is 0 Å². The second-order valence-electron chi connectivity index (χ2n) is 8.48. The first-order valence-corrected chi connectivity index (χ1v) is 14.6. The molecule has 0 saturated heterocycles. The molecule has 0 N–H and O–H groups in total. The van der Waals surface area contributed by atoms with Crippen molar-refractivity contribution >= 4 is 48.8 Å². The number of sulfonamides is 1. The average Bonchev–Trinajstić information content (AvgIpc) is 3.37. The zero-order valence-electron chi connectivity index (χ0n) is 21.6. The van der Waals surface area contributed by atoms with Crippen LogP contribution >= 0.6 is 11.3 Å². The first-order valence-electron chi connectivity index (χ1n) is 12.4. The standard InChI is InChI=1S/C28H30N4O4S2/c1-4-6-18-31(5-2)38(34,35)24-15-12-22(13-16-24)27(33)32(29-20-21-10-8-7-9-11-21)28-30-25-17-14-23(36-3)19-26(25)37-28/h7-17,19-20H,4-6,18H2,1-3H3/b29-20+. The Morgan fingerprint density at radius 1 is 1.05 bits per heavy atom. The smallest absolute Gasteiger partial charge is 0.280 e. The minimum atomic E-state index is -3.65. The van der Waals surface area contributed by atoms with Crippen molar-refractivity contribution in [3.8, 4) is 5.75 Å². The maximum Gasteiger partial charge on any atom is 0.280 e. The Morgan fingerprint density at radius 3 is 2.45 bits per heavy atom. The van der Waals surface area contributed by atoms with Crippen molar-refractivity contribution in [2.24, 2.45) is 5.10 Å². The molecular weight excluding hydrogens is 520 g/mol. The number of hydrogen-bond donors (Lipinski definition) is 0. The normalized spacial score (nSPS) is 11.9. The van der Waals surface area contributed by atoms with Crippen LogP contribution in [0.3, 0.4) is 0 Å². The molecule has 1 amide bonds. The van der Waals surface area contributed by atoms with Gasteiger partial charge >= 0.3 is 0 Å². The summed E-state index contributed by atoms with van der Waals surface area (Å²) in [4.78, 5) is 18.4. The van der Waals surface area contributed by atoms with Crippen LogP contribution in [0.2, 0.25) is 0 Å². The van der Waals surface area contributed by atoms with E-state index in [0.717, 1.165) is 23.1 Å². The van der Waals surface area contributed by atoms with Crippen LogP contribution in [0.4, 0.5) is 5.13 Å². The lowest BCUT2D eigenvalue weighted by Crippen LogP contribution is -2.32. The quantitative estimate of drug-likeness (QED) is 0.174. The summed E-state index contributed by atoms with van der Waals surface area (Å²) in [6.45, 7) is 4.68. The highest BCUT2D eigenvalue weighted by Gasteiger charge is 2.25. The van der Waals surface area contributed by atoms with E-state index in [9.17, 15) is 13.2 Å². The van der Waals surface area contributed by atoms with Crippen molar-refractivity contribution in [3.05, 3.63) is 83.9 Å². The number of benzene rings is 3. The van der Waals surface area contributed by atoms with Crippen LogP contribution in [-0.2, 0) is 10.0 Å². The topological polar surface area (TPSA) is 92.2 Å². The highest BCUT2D eigenvalue weighted by Crippen LogP contribution is 2.32. The van der Waals surface area contributed by atoms with Crippen LogP contribution in [0.25, 0.3) is 10.2 Å². The Hall–Kier alpha value is -3.60. The van der Waals surface area contributed by atoms with Crippen molar-refractivity contribution in [1.29, 1.82) is 0 Å². The summed E-state index contributed by atoms with van der Waals surface area (Å²) in [7, 11) is -2.06. The number of thiazole rings is 1. The van der Waals surface area contributed by atoms with Crippen molar-refractivity contribution < 1.29 is 17.9 Å². The van der Waals surface area contributed by atoms with Crippen LogP contribution in [0.15, 0.2) is 82.8 Å². The van der Waals surface area contributed by atoms with Crippen LogP contribution in [0.5, 0.6) is 5.75 Å². The van der Waals surface area contributed by atoms with E-state index in [1.807, 2.05) is 62.4 Å². The molecule has 1 heterocycles. The fraction of sp³-hybridized carbons (Fsp3) is 0.250. The maximum absolute atomic E-state index is 13.7. The number of rotatable bonds is 11. The van der Waals surface area contributed by atoms with Gasteiger partial charge in [-0.1, -0.05) is 61.9 Å². The summed E-state index contributed by atoms with van der Waals surface area (Å²) in [6.07, 6.45) is 3.28. The maximum atomic E-state index is 13.7. The van der Waals surface area contributed by atoms with Gasteiger partial charge in [-0.3, -0.25) is 4.79 Å². The van der Waals surface area contributed by atoms with E-state index in [4.69, 9.17) is 4.74 Å². The lowest BCUT2D eigenvalue weighted by Gasteiger charge is -2.20. The number of ether oxygens (including phenoxy) is 1. The number of amides is 1. The first kappa shape index (κ1) is 27.4. The van der Waals surface area contributed by atoms with Gasteiger partial charge in [0, 0.05) is 18.7 Å². The Morgan fingerprint density at radius 2 is 1.79 bits per heavy atom. The predicted octanol–water partition coefficient (Wildman–Crippen LogP) is 5.80. The molecule has 4 aromatic rings. The van der Waals surface area contributed by atoms with E-state index in [1.165, 1.54) is 44.9 Å². The molecule has 0 bridgehead atoms. The molecule has 10 heteroatoms. The number of methoxy groups -OCH3 is 1. The van der Waals surface area contributed by atoms with E-state index < -0.39 is 15.9 Å². The summed E-state index contributed by atoms with van der Waals surface area (Å²) in [5.41, 5.74) is 1.83. The molecule has 0 saturated carbocycles. The number of hydrazone groups is 1. The third kappa shape index (κ3) is 6.09. The Balaban J connectivity index is 1.68. The average molecular weight is 551 g/mol. The molecule has 0 aliphatic carbocycles. The minimum Gasteiger partial charge on any atom is -0.497 e. The molecule has 0 spiro atoms. The number of fused-ring (bicyclic) bond motifs is 1. The molecular formula is C28H30N4O4S2. The van der Waals surface area contributed by atoms with Gasteiger partial charge in [-0.15, -0.1) is 0 Å². The van der Waals surface area contributed by atoms with Crippen molar-refractivity contribution in [3.63, 3.8) is 0 Å². The number of anilines is 1. The summed E-state index contributed by atoms with van der Waals surface area (Å²) >= 11 is 1.31. The molecule has 3 aromatic carbocycles. The minimum absolute atomic E-state index is 0.151. The van der Waals surface area contributed by atoms with E-state index >= 15 is 0 Å². The van der Waals surface area contributed by atoms with Gasteiger partial charge in [-0.2, -0.15) is 14.4 Å². The molecule has 0 unspecified atom stereocenters. The van der Waals surface area contributed by atoms with Crippen LogP contribution in [0.1, 0.15) is 42.6 Å². The van der Waals surface area contributed by atoms with Crippen LogP contribution < -0.4 is 9.75 Å². The molecule has 38 heavy (non-hydrogen) atoms. The van der Waals surface area contributed by atoms with Gasteiger partial charge in [0.15, 0.2) is 0 Å². The zero-order chi connectivity index (χ0) is 27.1.